The maximum Gasteiger partial charge on any atom is 0.139 e. The molecule has 0 saturated carbocycles. The van der Waals surface area contributed by atoms with Crippen molar-refractivity contribution in [3.63, 3.8) is 0 Å². The van der Waals surface area contributed by atoms with Gasteiger partial charge in [-0.1, -0.05) is 12.1 Å². The van der Waals surface area contributed by atoms with E-state index in [9.17, 15) is 8.78 Å². The number of fused-ring (bicyclic) bond motifs is 1. The zero-order valence-corrected chi connectivity index (χ0v) is 13.9. The van der Waals surface area contributed by atoms with E-state index in [4.69, 9.17) is 0 Å². The first-order valence-corrected chi connectivity index (χ1v) is 8.48. The van der Waals surface area contributed by atoms with Crippen LogP contribution in [0.3, 0.4) is 0 Å². The minimum absolute atomic E-state index is 0.194. The molecule has 130 valence electrons. The first-order chi connectivity index (χ1) is 12.2. The second-order valence-corrected chi connectivity index (χ2v) is 6.52. The summed E-state index contributed by atoms with van der Waals surface area (Å²) < 4.78 is 28.0. The largest absolute Gasteiger partial charge is 0.304 e. The number of aromatic nitrogens is 2. The van der Waals surface area contributed by atoms with E-state index in [0.717, 1.165) is 56.2 Å². The summed E-state index contributed by atoms with van der Waals surface area (Å²) in [5.74, 6) is -0.452. The fraction of sp³-hybridized carbons (Fsp3) is 0.316. The number of rotatable bonds is 4. The van der Waals surface area contributed by atoms with E-state index in [0.29, 0.717) is 0 Å². The molecule has 0 unspecified atom stereocenters. The molecule has 0 bridgehead atoms. The van der Waals surface area contributed by atoms with Crippen LogP contribution >= 0.6 is 0 Å². The standard InChI is InChI=1S/C19H20F2N4/c20-16-3-1-15(2-4-16)11-23-7-9-24(10-8-23)13-18-14-25-12-17(21)5-6-19(25)22-18/h1-6,12,14H,7-11,13H2. The van der Waals surface area contributed by atoms with E-state index >= 15 is 0 Å². The van der Waals surface area contributed by atoms with Crippen LogP contribution in [0.2, 0.25) is 0 Å². The van der Waals surface area contributed by atoms with Crippen molar-refractivity contribution in [2.75, 3.05) is 26.2 Å². The molecule has 3 heterocycles. The molecule has 4 rings (SSSR count). The zero-order valence-electron chi connectivity index (χ0n) is 13.9. The molecule has 6 heteroatoms. The van der Waals surface area contributed by atoms with E-state index in [1.54, 1.807) is 10.5 Å². The molecular weight excluding hydrogens is 322 g/mol. The molecule has 1 saturated heterocycles. The van der Waals surface area contributed by atoms with Crippen molar-refractivity contribution in [2.45, 2.75) is 13.1 Å². The number of hydrogen-bond donors (Lipinski definition) is 0. The maximum absolute atomic E-state index is 13.3. The Labute approximate surface area is 145 Å². The summed E-state index contributed by atoms with van der Waals surface area (Å²) in [6.07, 6.45) is 3.34. The summed E-state index contributed by atoms with van der Waals surface area (Å²) in [7, 11) is 0. The van der Waals surface area contributed by atoms with Crippen molar-refractivity contribution in [1.29, 1.82) is 0 Å². The number of pyridine rings is 1. The lowest BCUT2D eigenvalue weighted by Crippen LogP contribution is -2.45. The average Bonchev–Trinajstić information content (AvgIpc) is 3.00. The molecule has 0 N–H and O–H groups in total. The third kappa shape index (κ3) is 3.86. The van der Waals surface area contributed by atoms with Gasteiger partial charge in [-0.3, -0.25) is 9.80 Å². The SMILES string of the molecule is Fc1ccc(CN2CCN(Cc3cn4cc(F)ccc4n3)CC2)cc1. The maximum atomic E-state index is 13.3. The van der Waals surface area contributed by atoms with Crippen LogP contribution in [0, 0.1) is 11.6 Å². The highest BCUT2D eigenvalue weighted by atomic mass is 19.1. The predicted molar refractivity (Wildman–Crippen MR) is 92.1 cm³/mol. The normalized spacial score (nSPS) is 16.6. The van der Waals surface area contributed by atoms with Crippen LogP contribution in [0.1, 0.15) is 11.3 Å². The van der Waals surface area contributed by atoms with E-state index in [-0.39, 0.29) is 11.6 Å². The molecule has 0 atom stereocenters. The Morgan fingerprint density at radius 3 is 2.12 bits per heavy atom. The highest BCUT2D eigenvalue weighted by Gasteiger charge is 2.18. The monoisotopic (exact) mass is 342 g/mol. The van der Waals surface area contributed by atoms with Gasteiger partial charge in [-0.05, 0) is 29.8 Å². The highest BCUT2D eigenvalue weighted by molar-refractivity contribution is 5.39. The molecule has 0 aliphatic carbocycles. The van der Waals surface area contributed by atoms with Crippen LogP contribution in [0.25, 0.3) is 5.65 Å². The summed E-state index contributed by atoms with van der Waals surface area (Å²) in [5.41, 5.74) is 2.86. The lowest BCUT2D eigenvalue weighted by Gasteiger charge is -2.34. The van der Waals surface area contributed by atoms with Crippen molar-refractivity contribution in [2.24, 2.45) is 0 Å². The minimum Gasteiger partial charge on any atom is -0.304 e. The third-order valence-corrected chi connectivity index (χ3v) is 4.63. The smallest absolute Gasteiger partial charge is 0.139 e. The fourth-order valence-electron chi connectivity index (χ4n) is 3.28. The van der Waals surface area contributed by atoms with Gasteiger partial charge in [0.05, 0.1) is 5.69 Å². The second kappa shape index (κ2) is 6.90. The summed E-state index contributed by atoms with van der Waals surface area (Å²) in [5, 5.41) is 0. The molecule has 1 fully saturated rings. The zero-order chi connectivity index (χ0) is 17.2. The van der Waals surface area contributed by atoms with Crippen LogP contribution in [0.4, 0.5) is 8.78 Å². The molecule has 0 amide bonds. The molecule has 1 aliphatic heterocycles. The molecule has 3 aromatic rings. The van der Waals surface area contributed by atoms with Crippen LogP contribution < -0.4 is 0 Å². The Kier molecular flexibility index (Phi) is 4.46. The molecule has 0 radical (unpaired) electrons. The number of piperazine rings is 1. The summed E-state index contributed by atoms with van der Waals surface area (Å²) >= 11 is 0. The van der Waals surface area contributed by atoms with Gasteiger partial charge in [0.1, 0.15) is 17.3 Å². The van der Waals surface area contributed by atoms with Crippen molar-refractivity contribution in [3.05, 3.63) is 71.7 Å². The van der Waals surface area contributed by atoms with Gasteiger partial charge >= 0.3 is 0 Å². The van der Waals surface area contributed by atoms with Crippen LogP contribution in [0.5, 0.6) is 0 Å². The summed E-state index contributed by atoms with van der Waals surface area (Å²) in [4.78, 5) is 9.29. The molecule has 4 nitrogen and oxygen atoms in total. The Bertz CT molecular complexity index is 851. The van der Waals surface area contributed by atoms with Crippen molar-refractivity contribution in [1.82, 2.24) is 19.2 Å². The molecule has 1 aromatic carbocycles. The van der Waals surface area contributed by atoms with Crippen molar-refractivity contribution in [3.8, 4) is 0 Å². The first-order valence-electron chi connectivity index (χ1n) is 8.48. The predicted octanol–water partition coefficient (Wildman–Crippen LogP) is 2.93. The molecule has 1 aliphatic rings. The number of hydrogen-bond acceptors (Lipinski definition) is 3. The lowest BCUT2D eigenvalue weighted by molar-refractivity contribution is 0.121. The van der Waals surface area contributed by atoms with E-state index < -0.39 is 0 Å². The van der Waals surface area contributed by atoms with Gasteiger partial charge < -0.3 is 4.40 Å². The first kappa shape index (κ1) is 16.2. The Morgan fingerprint density at radius 1 is 0.760 bits per heavy atom. The lowest BCUT2D eigenvalue weighted by atomic mass is 10.2. The quantitative estimate of drug-likeness (QED) is 0.728. The van der Waals surface area contributed by atoms with Gasteiger partial charge in [0.15, 0.2) is 0 Å². The van der Waals surface area contributed by atoms with Gasteiger partial charge in [0.25, 0.3) is 0 Å². The second-order valence-electron chi connectivity index (χ2n) is 6.52. The molecule has 0 spiro atoms. The van der Waals surface area contributed by atoms with E-state index in [1.807, 2.05) is 18.3 Å². The van der Waals surface area contributed by atoms with Gasteiger partial charge in [0, 0.05) is 51.7 Å². The van der Waals surface area contributed by atoms with Gasteiger partial charge in [-0.2, -0.15) is 0 Å². The number of nitrogens with zero attached hydrogens (tertiary/aromatic N) is 4. The highest BCUT2D eigenvalue weighted by Crippen LogP contribution is 2.13. The van der Waals surface area contributed by atoms with E-state index in [2.05, 4.69) is 14.8 Å². The summed E-state index contributed by atoms with van der Waals surface area (Å²) in [6, 6.07) is 9.84. The van der Waals surface area contributed by atoms with Gasteiger partial charge in [-0.15, -0.1) is 0 Å². The van der Waals surface area contributed by atoms with Crippen molar-refractivity contribution >= 4 is 5.65 Å². The van der Waals surface area contributed by atoms with Crippen LogP contribution in [-0.2, 0) is 13.1 Å². The fourth-order valence-corrected chi connectivity index (χ4v) is 3.28. The molecule has 25 heavy (non-hydrogen) atoms. The van der Waals surface area contributed by atoms with Crippen LogP contribution in [0.15, 0.2) is 48.8 Å². The van der Waals surface area contributed by atoms with Gasteiger partial charge in [0.2, 0.25) is 0 Å². The Balaban J connectivity index is 1.32. The summed E-state index contributed by atoms with van der Waals surface area (Å²) in [6.45, 7) is 5.49. The van der Waals surface area contributed by atoms with Crippen LogP contribution in [-0.4, -0.2) is 45.4 Å². The molecule has 2 aromatic heterocycles. The number of imidazole rings is 1. The topological polar surface area (TPSA) is 23.8 Å². The average molecular weight is 342 g/mol. The third-order valence-electron chi connectivity index (χ3n) is 4.63. The number of benzene rings is 1. The van der Waals surface area contributed by atoms with Gasteiger partial charge in [-0.25, -0.2) is 13.8 Å². The van der Waals surface area contributed by atoms with E-state index in [1.165, 1.54) is 24.4 Å². The Morgan fingerprint density at radius 2 is 1.40 bits per heavy atom. The Hall–Kier alpha value is -2.31. The molecular formula is C19H20F2N4. The number of halogens is 2. The minimum atomic E-state index is -0.258. The van der Waals surface area contributed by atoms with Crippen molar-refractivity contribution < 1.29 is 8.78 Å².